The topological polar surface area (TPSA) is 190 Å². The maximum Gasteiger partial charge on any atom is 0.229 e. The highest BCUT2D eigenvalue weighted by atomic mass is 31.2. The summed E-state index contributed by atoms with van der Waals surface area (Å²) in [5, 5.41) is 21.1. The van der Waals surface area contributed by atoms with Crippen LogP contribution in [0.1, 0.15) is 57.6 Å². The molecule has 0 aliphatic carbocycles. The van der Waals surface area contributed by atoms with Gasteiger partial charge in [-0.15, -0.1) is 0 Å². The Kier molecular flexibility index (Phi) is 26.9. The lowest BCUT2D eigenvalue weighted by Gasteiger charge is -2.17. The molecule has 6 aromatic carbocycles. The summed E-state index contributed by atoms with van der Waals surface area (Å²) in [7, 11) is -4.56. The number of phenolic OH excluding ortho intramolecular Hbond substituents is 2. The van der Waals surface area contributed by atoms with Crippen molar-refractivity contribution in [1.82, 2.24) is 0 Å². The Labute approximate surface area is 456 Å². The Hall–Kier alpha value is -5.77. The van der Waals surface area contributed by atoms with Crippen LogP contribution in [0.3, 0.4) is 0 Å². The summed E-state index contributed by atoms with van der Waals surface area (Å²) in [4.78, 5) is 10.5. The van der Waals surface area contributed by atoms with Gasteiger partial charge in [0.05, 0.1) is 13.2 Å². The molecule has 416 valence electrons. The Morgan fingerprint density at radius 1 is 0.468 bits per heavy atom. The summed E-state index contributed by atoms with van der Waals surface area (Å²) in [5.74, 6) is 1.59. The van der Waals surface area contributed by atoms with Gasteiger partial charge < -0.3 is 56.9 Å². The maximum atomic E-state index is 12.3. The van der Waals surface area contributed by atoms with Gasteiger partial charge in [0.15, 0.2) is 43.4 Å². The van der Waals surface area contributed by atoms with Gasteiger partial charge in [-0.25, -0.2) is 0 Å². The summed E-state index contributed by atoms with van der Waals surface area (Å²) in [6.45, 7) is 18.3. The second-order valence-corrected chi connectivity index (χ2v) is 31.5. The van der Waals surface area contributed by atoms with Gasteiger partial charge in [-0.3, -0.25) is 9.36 Å². The first-order valence-corrected chi connectivity index (χ1v) is 34.4. The van der Waals surface area contributed by atoms with E-state index in [1.165, 1.54) is 12.1 Å². The molecule has 6 rings (SSSR count). The average Bonchev–Trinajstić information content (AvgIpc) is 3.37. The zero-order chi connectivity index (χ0) is 57.4. The van der Waals surface area contributed by atoms with Gasteiger partial charge in [-0.1, -0.05) is 109 Å². The molecule has 0 saturated carbocycles. The fourth-order valence-electron chi connectivity index (χ4n) is 6.77. The van der Waals surface area contributed by atoms with E-state index in [-0.39, 0.29) is 38.0 Å². The van der Waals surface area contributed by atoms with Gasteiger partial charge in [0.2, 0.25) is 7.37 Å². The van der Waals surface area contributed by atoms with Crippen molar-refractivity contribution in [3.05, 3.63) is 166 Å². The summed E-state index contributed by atoms with van der Waals surface area (Å²) in [5.41, 5.74) is 6.37. The second-order valence-electron chi connectivity index (χ2n) is 19.2. The molecule has 77 heavy (non-hydrogen) atoms. The van der Waals surface area contributed by atoms with E-state index in [1.54, 1.807) is 86.2 Å². The molecule has 0 heterocycles. The number of rotatable bonds is 21. The third-order valence-corrected chi connectivity index (χ3v) is 16.9. The predicted molar refractivity (Wildman–Crippen MR) is 318 cm³/mol. The highest BCUT2D eigenvalue weighted by Gasteiger charge is 2.21. The largest absolute Gasteiger partial charge is 0.504 e. The lowest BCUT2D eigenvalue weighted by molar-refractivity contribution is 0.0322. The minimum Gasteiger partial charge on any atom is -0.504 e. The molecule has 0 aliphatic heterocycles. The molecule has 1 atom stereocenters. The van der Waals surface area contributed by atoms with Crippen molar-refractivity contribution in [2.75, 3.05) is 88.4 Å². The van der Waals surface area contributed by atoms with E-state index in [9.17, 15) is 33.3 Å². The monoisotopic (exact) mass is 1130 g/mol. The molecule has 0 radical (unpaired) electrons. The van der Waals surface area contributed by atoms with Crippen molar-refractivity contribution < 1.29 is 66.2 Å². The Bertz CT molecular complexity index is 3040. The summed E-state index contributed by atoms with van der Waals surface area (Å²) >= 11 is 0. The van der Waals surface area contributed by atoms with Gasteiger partial charge in [0.25, 0.3) is 0 Å². The van der Waals surface area contributed by atoms with Crippen molar-refractivity contribution in [1.29, 1.82) is 0 Å². The molecule has 1 unspecified atom stereocenters. The smallest absolute Gasteiger partial charge is 0.229 e. The Morgan fingerprint density at radius 2 is 0.870 bits per heavy atom. The van der Waals surface area contributed by atoms with Gasteiger partial charge in [0, 0.05) is 55.6 Å². The van der Waals surface area contributed by atoms with Crippen LogP contribution in [0.15, 0.2) is 127 Å². The quantitative estimate of drug-likeness (QED) is 0.0227. The van der Waals surface area contributed by atoms with E-state index < -0.39 is 28.8 Å². The van der Waals surface area contributed by atoms with Crippen molar-refractivity contribution >= 4 is 75.3 Å². The van der Waals surface area contributed by atoms with Crippen LogP contribution in [0.4, 0.5) is 0 Å². The maximum absolute atomic E-state index is 12.3. The van der Waals surface area contributed by atoms with E-state index in [2.05, 4.69) is 0 Å². The molecule has 18 heteroatoms. The number of hydrogen-bond acceptors (Lipinski definition) is 14. The molecule has 2 N–H and O–H groups in total. The molecule has 0 saturated heterocycles. The van der Waals surface area contributed by atoms with Crippen molar-refractivity contribution in [2.45, 2.75) is 33.0 Å². The first kappa shape index (κ1) is 65.5. The van der Waals surface area contributed by atoms with E-state index in [0.29, 0.717) is 34.3 Å². The molecule has 0 aliphatic rings. The third kappa shape index (κ3) is 24.6. The van der Waals surface area contributed by atoms with Crippen LogP contribution >= 0.6 is 28.8 Å². The first-order chi connectivity index (χ1) is 36.2. The number of carbonyl (C=O) groups excluding carboxylic acids is 1. The Balaban J connectivity index is 0.000000278. The highest BCUT2D eigenvalue weighted by molar-refractivity contribution is 7.70. The van der Waals surface area contributed by atoms with E-state index >= 15 is 0 Å². The average molecular weight is 1130 g/mol. The minimum absolute atomic E-state index is 0.0630. The van der Waals surface area contributed by atoms with Gasteiger partial charge in [-0.2, -0.15) is 0 Å². The zero-order valence-corrected chi connectivity index (χ0v) is 50.1. The number of carbonyl (C=O) groups is 1. The van der Waals surface area contributed by atoms with E-state index in [4.69, 9.17) is 32.9 Å². The van der Waals surface area contributed by atoms with Crippen LogP contribution in [0.5, 0.6) is 28.7 Å². The van der Waals surface area contributed by atoms with Crippen LogP contribution in [0.25, 0.3) is 24.3 Å². The number of benzene rings is 6. The van der Waals surface area contributed by atoms with Crippen LogP contribution in [-0.2, 0) is 43.2 Å². The summed E-state index contributed by atoms with van der Waals surface area (Å²) in [6, 6.07) is 38.3. The van der Waals surface area contributed by atoms with Crippen molar-refractivity contribution in [3.63, 3.8) is 0 Å². The van der Waals surface area contributed by atoms with Crippen molar-refractivity contribution in [2.24, 2.45) is 0 Å². The Morgan fingerprint density at radius 3 is 1.31 bits per heavy atom. The third-order valence-electron chi connectivity index (χ3n) is 10.7. The first-order valence-electron chi connectivity index (χ1n) is 24.3. The molecule has 0 spiro atoms. The number of aromatic hydroxyl groups is 2. The molecule has 6 aromatic rings. The van der Waals surface area contributed by atoms with Gasteiger partial charge in [-0.05, 0) is 137 Å². The molecule has 0 aromatic heterocycles. The number of ether oxygens (including phenoxy) is 6. The molecular weight excluding hydrogens is 1060 g/mol. The van der Waals surface area contributed by atoms with Crippen LogP contribution in [0.2, 0.25) is 0 Å². The lowest BCUT2D eigenvalue weighted by atomic mass is 10.1. The number of hydrogen-bond donors (Lipinski definition) is 2. The summed E-state index contributed by atoms with van der Waals surface area (Å²) < 4.78 is 84.5. The highest BCUT2D eigenvalue weighted by Crippen LogP contribution is 2.44. The normalized spacial score (nSPS) is 12.3. The molecular formula is C59H76O14P4. The predicted octanol–water partition coefficient (Wildman–Crippen LogP) is 13.1. The van der Waals surface area contributed by atoms with E-state index in [0.717, 1.165) is 50.3 Å². The molecule has 14 nitrogen and oxygen atoms in total. The number of methoxy groups -OCH3 is 3. The van der Waals surface area contributed by atoms with Crippen LogP contribution in [0, 0.1) is 6.92 Å². The molecule has 0 bridgehead atoms. The van der Waals surface area contributed by atoms with Gasteiger partial charge >= 0.3 is 0 Å². The fourth-order valence-corrected chi connectivity index (χ4v) is 11.2. The zero-order valence-electron chi connectivity index (χ0n) is 46.5. The van der Waals surface area contributed by atoms with Crippen LogP contribution in [-0.4, -0.2) is 111 Å². The van der Waals surface area contributed by atoms with Crippen LogP contribution < -0.4 is 30.1 Å². The van der Waals surface area contributed by atoms with Crippen molar-refractivity contribution in [3.8, 4) is 28.7 Å². The molecule has 0 fully saturated rings. The van der Waals surface area contributed by atoms with Gasteiger partial charge in [0.1, 0.15) is 26.3 Å². The SMILES string of the molecule is CC(C)OP(C)(=O)c1ccc(CP(C)(C)=O)cc1.COCOc1cc(C=O)ccc1C.COCOc1ccc(C=Cc2ccc(P(C)(C)=O)cc2)cc1OCOC.CP(C)(=O)c1ccc(C=Cc2ccc(O)c(O)c2)cc1. The lowest BCUT2D eigenvalue weighted by Crippen LogP contribution is -2.10. The number of aryl methyl sites for hydroxylation is 1. The summed E-state index contributed by atoms with van der Waals surface area (Å²) in [6.07, 6.45) is 9.01. The standard InChI is InChI=1S/C20H25O5P.C16H17O3P.C13H22O3P2.C10H12O3/c1-22-14-24-19-12-9-17(13-20(19)25-15-23-2)6-5-16-7-10-18(11-8-16)26(3,4)21;1-20(2,19)14-8-5-12(6-9-14)3-4-13-7-10-15(17)16(18)11-13;1-11(2)16-18(5,15)13-8-6-12(7-9-13)10-17(3,4)14;1-8-3-4-9(6-11)5-10(8)13-7-12-2/h5-13H,14-15H2,1-4H3;3-11,17-18H,1-2H3;6-9,11H,10H2,1-5H3;3-6H,7H2,1-2H3. The minimum atomic E-state index is -2.74. The van der Waals surface area contributed by atoms with E-state index in [1.807, 2.05) is 142 Å². The molecule has 0 amide bonds. The number of phenols is 2. The fraction of sp³-hybridized carbons (Fsp3) is 0.305. The second kappa shape index (κ2) is 31.6. The number of aldehydes is 1.